The lowest BCUT2D eigenvalue weighted by Crippen LogP contribution is -2.13. The second-order valence-corrected chi connectivity index (χ2v) is 3.20. The molecule has 0 aliphatic rings. The summed E-state index contributed by atoms with van der Waals surface area (Å²) in [4.78, 5) is 4.01. The molecule has 0 amide bonds. The van der Waals surface area contributed by atoms with Gasteiger partial charge in [-0.05, 0) is 17.7 Å². The fourth-order valence-corrected chi connectivity index (χ4v) is 1.26. The van der Waals surface area contributed by atoms with Gasteiger partial charge in [-0.3, -0.25) is 0 Å². The van der Waals surface area contributed by atoms with E-state index in [1.807, 2.05) is 0 Å². The Morgan fingerprint density at radius 2 is 1.94 bits per heavy atom. The number of aryl methyl sites for hydroxylation is 1. The van der Waals surface area contributed by atoms with Gasteiger partial charge in [0, 0.05) is 6.92 Å². The summed E-state index contributed by atoms with van der Waals surface area (Å²) < 4.78 is 17.5. The predicted octanol–water partition coefficient (Wildman–Crippen LogP) is 1.99. The third-order valence-corrected chi connectivity index (χ3v) is 2.05. The molecule has 0 radical (unpaired) electrons. The molecule has 1 unspecified atom stereocenters. The van der Waals surface area contributed by atoms with Gasteiger partial charge >= 0.3 is 0 Å². The van der Waals surface area contributed by atoms with Crippen molar-refractivity contribution in [1.82, 2.24) is 10.1 Å². The zero-order valence-electron chi connectivity index (χ0n) is 8.55. The summed E-state index contributed by atoms with van der Waals surface area (Å²) in [6, 6.07) is 5.42. The van der Waals surface area contributed by atoms with Crippen molar-refractivity contribution in [3.05, 3.63) is 47.4 Å². The van der Waals surface area contributed by atoms with Crippen LogP contribution in [0.25, 0.3) is 0 Å². The molecule has 0 fully saturated rings. The van der Waals surface area contributed by atoms with E-state index in [-0.39, 0.29) is 18.2 Å². The molecule has 2 N–H and O–H groups in total. The van der Waals surface area contributed by atoms with Crippen LogP contribution in [0, 0.1) is 12.7 Å². The standard InChI is InChI=1S/C10H10FN3O.ClH/c1-6-13-10(14-15-6)9(12)7-2-4-8(11)5-3-7;/h2-5,9H,12H2,1H3;1H. The lowest BCUT2D eigenvalue weighted by atomic mass is 10.1. The highest BCUT2D eigenvalue weighted by atomic mass is 35.5. The molecular weight excluding hydrogens is 233 g/mol. The van der Waals surface area contributed by atoms with Gasteiger partial charge in [-0.1, -0.05) is 17.3 Å². The van der Waals surface area contributed by atoms with E-state index >= 15 is 0 Å². The van der Waals surface area contributed by atoms with Crippen molar-refractivity contribution < 1.29 is 8.91 Å². The smallest absolute Gasteiger partial charge is 0.223 e. The third-order valence-electron chi connectivity index (χ3n) is 2.05. The average Bonchev–Trinajstić information content (AvgIpc) is 2.65. The second kappa shape index (κ2) is 5.05. The van der Waals surface area contributed by atoms with Gasteiger partial charge in [-0.15, -0.1) is 12.4 Å². The molecule has 1 heterocycles. The number of benzene rings is 1. The van der Waals surface area contributed by atoms with E-state index in [1.165, 1.54) is 12.1 Å². The van der Waals surface area contributed by atoms with Crippen molar-refractivity contribution in [1.29, 1.82) is 0 Å². The summed E-state index contributed by atoms with van der Waals surface area (Å²) in [5.74, 6) is 0.567. The number of hydrogen-bond donors (Lipinski definition) is 1. The number of aromatic nitrogens is 2. The van der Waals surface area contributed by atoms with Gasteiger partial charge in [0.25, 0.3) is 0 Å². The quantitative estimate of drug-likeness (QED) is 0.876. The monoisotopic (exact) mass is 243 g/mol. The minimum absolute atomic E-state index is 0. The van der Waals surface area contributed by atoms with Gasteiger partial charge in [0.1, 0.15) is 5.82 Å². The molecule has 4 nitrogen and oxygen atoms in total. The summed E-state index contributed by atoms with van der Waals surface area (Å²) in [7, 11) is 0. The molecule has 86 valence electrons. The molecule has 2 rings (SSSR count). The first-order valence-electron chi connectivity index (χ1n) is 4.48. The highest BCUT2D eigenvalue weighted by Gasteiger charge is 2.14. The van der Waals surface area contributed by atoms with Crippen LogP contribution < -0.4 is 5.73 Å². The van der Waals surface area contributed by atoms with E-state index in [0.717, 1.165) is 5.56 Å². The highest BCUT2D eigenvalue weighted by Crippen LogP contribution is 2.16. The zero-order valence-corrected chi connectivity index (χ0v) is 9.37. The van der Waals surface area contributed by atoms with Crippen molar-refractivity contribution in [3.63, 3.8) is 0 Å². The molecular formula is C10H11ClFN3O. The van der Waals surface area contributed by atoms with E-state index < -0.39 is 6.04 Å². The Hall–Kier alpha value is -1.46. The summed E-state index contributed by atoms with van der Waals surface area (Å²) in [5.41, 5.74) is 6.62. The van der Waals surface area contributed by atoms with Gasteiger partial charge < -0.3 is 10.3 Å². The highest BCUT2D eigenvalue weighted by molar-refractivity contribution is 5.85. The van der Waals surface area contributed by atoms with Crippen molar-refractivity contribution in [3.8, 4) is 0 Å². The first kappa shape index (κ1) is 12.6. The van der Waals surface area contributed by atoms with Crippen molar-refractivity contribution >= 4 is 12.4 Å². The van der Waals surface area contributed by atoms with Crippen LogP contribution in [0.3, 0.4) is 0 Å². The topological polar surface area (TPSA) is 64.9 Å². The molecule has 1 atom stereocenters. The summed E-state index contributed by atoms with van der Waals surface area (Å²) in [5, 5.41) is 3.71. The Labute approximate surface area is 98.1 Å². The number of rotatable bonds is 2. The molecule has 0 aliphatic carbocycles. The molecule has 2 aromatic rings. The molecule has 1 aromatic carbocycles. The molecule has 0 saturated carbocycles. The van der Waals surface area contributed by atoms with E-state index in [2.05, 4.69) is 10.1 Å². The van der Waals surface area contributed by atoms with Crippen LogP contribution in [0.4, 0.5) is 4.39 Å². The van der Waals surface area contributed by atoms with Crippen molar-refractivity contribution in [2.45, 2.75) is 13.0 Å². The maximum absolute atomic E-state index is 12.7. The third kappa shape index (κ3) is 2.56. The molecule has 0 aliphatic heterocycles. The molecule has 0 bridgehead atoms. The Balaban J connectivity index is 0.00000128. The first-order chi connectivity index (χ1) is 7.16. The van der Waals surface area contributed by atoms with Crippen LogP contribution in [0.1, 0.15) is 23.3 Å². The zero-order chi connectivity index (χ0) is 10.8. The second-order valence-electron chi connectivity index (χ2n) is 3.20. The molecule has 0 spiro atoms. The van der Waals surface area contributed by atoms with Gasteiger partial charge in [0.15, 0.2) is 5.82 Å². The van der Waals surface area contributed by atoms with E-state index in [9.17, 15) is 4.39 Å². The summed E-state index contributed by atoms with van der Waals surface area (Å²) >= 11 is 0. The lowest BCUT2D eigenvalue weighted by Gasteiger charge is -2.06. The van der Waals surface area contributed by atoms with Crippen LogP contribution in [0.5, 0.6) is 0 Å². The van der Waals surface area contributed by atoms with E-state index in [0.29, 0.717) is 11.7 Å². The number of nitrogens with zero attached hydrogens (tertiary/aromatic N) is 2. The average molecular weight is 244 g/mol. The van der Waals surface area contributed by atoms with Gasteiger partial charge in [0.05, 0.1) is 6.04 Å². The summed E-state index contributed by atoms with van der Waals surface area (Å²) in [6.07, 6.45) is 0. The van der Waals surface area contributed by atoms with E-state index in [1.54, 1.807) is 19.1 Å². The molecule has 16 heavy (non-hydrogen) atoms. The van der Waals surface area contributed by atoms with E-state index in [4.69, 9.17) is 10.3 Å². The van der Waals surface area contributed by atoms with Crippen LogP contribution in [-0.4, -0.2) is 10.1 Å². The Kier molecular flexibility index (Phi) is 3.98. The van der Waals surface area contributed by atoms with Crippen LogP contribution in [-0.2, 0) is 0 Å². The molecule has 6 heteroatoms. The number of hydrogen-bond acceptors (Lipinski definition) is 4. The predicted molar refractivity (Wildman–Crippen MR) is 58.7 cm³/mol. The van der Waals surface area contributed by atoms with Crippen molar-refractivity contribution in [2.75, 3.05) is 0 Å². The fourth-order valence-electron chi connectivity index (χ4n) is 1.26. The maximum atomic E-state index is 12.7. The maximum Gasteiger partial charge on any atom is 0.223 e. The fraction of sp³-hybridized carbons (Fsp3) is 0.200. The number of halogens is 2. The normalized spacial score (nSPS) is 11.9. The van der Waals surface area contributed by atoms with Crippen LogP contribution in [0.15, 0.2) is 28.8 Å². The van der Waals surface area contributed by atoms with Crippen molar-refractivity contribution in [2.24, 2.45) is 5.73 Å². The van der Waals surface area contributed by atoms with Gasteiger partial charge in [-0.2, -0.15) is 4.98 Å². The molecule has 1 aromatic heterocycles. The molecule has 0 saturated heterocycles. The lowest BCUT2D eigenvalue weighted by molar-refractivity contribution is 0.385. The number of nitrogens with two attached hydrogens (primary N) is 1. The van der Waals surface area contributed by atoms with Gasteiger partial charge in [-0.25, -0.2) is 4.39 Å². The summed E-state index contributed by atoms with van der Waals surface area (Å²) in [6.45, 7) is 1.69. The van der Waals surface area contributed by atoms with Crippen LogP contribution in [0.2, 0.25) is 0 Å². The Bertz CT molecular complexity index is 457. The minimum Gasteiger partial charge on any atom is -0.340 e. The minimum atomic E-state index is -0.483. The van der Waals surface area contributed by atoms with Gasteiger partial charge in [0.2, 0.25) is 5.89 Å². The Morgan fingerprint density at radius 3 is 2.44 bits per heavy atom. The Morgan fingerprint density at radius 1 is 1.31 bits per heavy atom. The van der Waals surface area contributed by atoms with Crippen LogP contribution >= 0.6 is 12.4 Å². The SMILES string of the molecule is Cc1nc(C(N)c2ccc(F)cc2)no1.Cl. The largest absolute Gasteiger partial charge is 0.340 e. The first-order valence-corrected chi connectivity index (χ1v) is 4.48.